The smallest absolute Gasteiger partial charge is 0.375 e. The van der Waals surface area contributed by atoms with E-state index in [9.17, 15) is 23.1 Å². The standard InChI is InChI=1S/C16H13ClF3NO2/c17-13-9-5-4-8-12(13)14(22)21-10-15(23,16(18,19)20)11-6-2-1-3-7-11/h1-9,23H,10H2,(H,21,22). The Labute approximate surface area is 135 Å². The van der Waals surface area contributed by atoms with Gasteiger partial charge in [-0.25, -0.2) is 0 Å². The maximum Gasteiger partial charge on any atom is 0.423 e. The average Bonchev–Trinajstić information content (AvgIpc) is 2.52. The largest absolute Gasteiger partial charge is 0.423 e. The maximum absolute atomic E-state index is 13.3. The Kier molecular flexibility index (Phi) is 4.97. The van der Waals surface area contributed by atoms with Crippen LogP contribution in [0.1, 0.15) is 15.9 Å². The Hall–Kier alpha value is -2.05. The first-order valence-electron chi connectivity index (χ1n) is 6.63. The van der Waals surface area contributed by atoms with E-state index in [1.54, 1.807) is 6.07 Å². The van der Waals surface area contributed by atoms with E-state index in [1.807, 2.05) is 0 Å². The second kappa shape index (κ2) is 6.60. The van der Waals surface area contributed by atoms with Crippen molar-refractivity contribution in [2.45, 2.75) is 11.8 Å². The third kappa shape index (κ3) is 3.65. The van der Waals surface area contributed by atoms with Crippen LogP contribution in [0, 0.1) is 0 Å². The minimum Gasteiger partial charge on any atom is -0.375 e. The summed E-state index contributed by atoms with van der Waals surface area (Å²) in [5.74, 6) is -0.797. The molecule has 0 spiro atoms. The average molecular weight is 344 g/mol. The molecular weight excluding hydrogens is 331 g/mol. The Morgan fingerprint density at radius 2 is 1.61 bits per heavy atom. The number of hydrogen-bond donors (Lipinski definition) is 2. The Morgan fingerprint density at radius 1 is 1.04 bits per heavy atom. The van der Waals surface area contributed by atoms with E-state index < -0.39 is 24.2 Å². The highest BCUT2D eigenvalue weighted by atomic mass is 35.5. The molecule has 0 bridgehead atoms. The molecule has 3 nitrogen and oxygen atoms in total. The number of benzene rings is 2. The van der Waals surface area contributed by atoms with Gasteiger partial charge >= 0.3 is 6.18 Å². The molecule has 0 fully saturated rings. The number of carbonyl (C=O) groups is 1. The number of carbonyl (C=O) groups excluding carboxylic acids is 1. The highest BCUT2D eigenvalue weighted by Gasteiger charge is 2.55. The normalized spacial score (nSPS) is 14.1. The molecule has 0 radical (unpaired) electrons. The molecule has 7 heteroatoms. The highest BCUT2D eigenvalue weighted by Crippen LogP contribution is 2.38. The molecule has 0 saturated heterocycles. The van der Waals surface area contributed by atoms with Crippen molar-refractivity contribution in [2.75, 3.05) is 6.54 Å². The minimum absolute atomic E-state index is 0.0340. The van der Waals surface area contributed by atoms with Crippen molar-refractivity contribution < 1.29 is 23.1 Å². The number of nitrogens with one attached hydrogen (secondary N) is 1. The summed E-state index contributed by atoms with van der Waals surface area (Å²) in [6.45, 7) is -1.02. The summed E-state index contributed by atoms with van der Waals surface area (Å²) in [5.41, 5.74) is -3.51. The first kappa shape index (κ1) is 17.3. The van der Waals surface area contributed by atoms with Gasteiger partial charge in [-0.1, -0.05) is 54.1 Å². The van der Waals surface area contributed by atoms with E-state index in [2.05, 4.69) is 5.32 Å². The fraction of sp³-hybridized carbons (Fsp3) is 0.188. The van der Waals surface area contributed by atoms with Gasteiger partial charge in [-0.3, -0.25) is 4.79 Å². The van der Waals surface area contributed by atoms with Crippen LogP contribution in [-0.2, 0) is 5.60 Å². The first-order chi connectivity index (χ1) is 10.8. The van der Waals surface area contributed by atoms with E-state index in [0.717, 1.165) is 12.1 Å². The van der Waals surface area contributed by atoms with Crippen LogP contribution < -0.4 is 5.32 Å². The molecule has 0 aliphatic heterocycles. The van der Waals surface area contributed by atoms with Gasteiger partial charge in [0.1, 0.15) is 0 Å². The number of hydrogen-bond acceptors (Lipinski definition) is 2. The van der Waals surface area contributed by atoms with Crippen molar-refractivity contribution in [1.29, 1.82) is 0 Å². The summed E-state index contributed by atoms with van der Waals surface area (Å²) < 4.78 is 39.9. The van der Waals surface area contributed by atoms with Crippen LogP contribution in [-0.4, -0.2) is 23.7 Å². The van der Waals surface area contributed by atoms with Crippen LogP contribution in [0.25, 0.3) is 0 Å². The number of alkyl halides is 3. The van der Waals surface area contributed by atoms with Gasteiger partial charge in [0, 0.05) is 0 Å². The summed E-state index contributed by atoms with van der Waals surface area (Å²) in [6, 6.07) is 12.5. The SMILES string of the molecule is O=C(NCC(O)(c1ccccc1)C(F)(F)F)c1ccccc1Cl. The van der Waals surface area contributed by atoms with Gasteiger partial charge in [-0.05, 0) is 17.7 Å². The molecule has 0 saturated carbocycles. The van der Waals surface area contributed by atoms with Crippen LogP contribution in [0.5, 0.6) is 0 Å². The lowest BCUT2D eigenvalue weighted by atomic mass is 9.93. The fourth-order valence-corrected chi connectivity index (χ4v) is 2.25. The lowest BCUT2D eigenvalue weighted by Crippen LogP contribution is -2.51. The molecule has 2 aromatic rings. The van der Waals surface area contributed by atoms with E-state index in [4.69, 9.17) is 11.6 Å². The van der Waals surface area contributed by atoms with E-state index >= 15 is 0 Å². The molecule has 2 rings (SSSR count). The summed E-state index contributed by atoms with van der Waals surface area (Å²) in [7, 11) is 0. The third-order valence-corrected chi connectivity index (χ3v) is 3.67. The Balaban J connectivity index is 2.24. The molecule has 1 atom stereocenters. The monoisotopic (exact) mass is 343 g/mol. The maximum atomic E-state index is 13.3. The molecule has 1 amide bonds. The van der Waals surface area contributed by atoms with Crippen molar-refractivity contribution >= 4 is 17.5 Å². The van der Waals surface area contributed by atoms with Crippen LogP contribution in [0.4, 0.5) is 13.2 Å². The van der Waals surface area contributed by atoms with Crippen molar-refractivity contribution in [3.05, 3.63) is 70.7 Å². The van der Waals surface area contributed by atoms with E-state index in [-0.39, 0.29) is 16.1 Å². The molecule has 23 heavy (non-hydrogen) atoms. The van der Waals surface area contributed by atoms with E-state index in [0.29, 0.717) is 0 Å². The molecule has 0 aromatic heterocycles. The zero-order chi connectivity index (χ0) is 17.1. The van der Waals surface area contributed by atoms with Crippen LogP contribution in [0.15, 0.2) is 54.6 Å². The second-order valence-electron chi connectivity index (χ2n) is 4.89. The number of rotatable bonds is 4. The molecule has 122 valence electrons. The molecule has 0 aliphatic rings. The van der Waals surface area contributed by atoms with Gasteiger partial charge in [0.05, 0.1) is 17.1 Å². The molecule has 2 N–H and O–H groups in total. The lowest BCUT2D eigenvalue weighted by molar-refractivity contribution is -0.263. The zero-order valence-corrected chi connectivity index (χ0v) is 12.5. The molecule has 2 aromatic carbocycles. The van der Waals surface area contributed by atoms with Crippen molar-refractivity contribution in [3.63, 3.8) is 0 Å². The quantitative estimate of drug-likeness (QED) is 0.892. The van der Waals surface area contributed by atoms with Crippen molar-refractivity contribution in [2.24, 2.45) is 0 Å². The second-order valence-corrected chi connectivity index (χ2v) is 5.29. The predicted octanol–water partition coefficient (Wildman–Crippen LogP) is 3.52. The van der Waals surface area contributed by atoms with Gasteiger partial charge < -0.3 is 10.4 Å². The van der Waals surface area contributed by atoms with Crippen molar-refractivity contribution in [3.8, 4) is 0 Å². The zero-order valence-electron chi connectivity index (χ0n) is 11.8. The minimum atomic E-state index is -4.96. The van der Waals surface area contributed by atoms with Gasteiger partial charge in [0.25, 0.3) is 5.91 Å². The predicted molar refractivity (Wildman–Crippen MR) is 80.2 cm³/mol. The van der Waals surface area contributed by atoms with Gasteiger partial charge in [-0.2, -0.15) is 13.2 Å². The lowest BCUT2D eigenvalue weighted by Gasteiger charge is -2.31. The molecule has 1 unspecified atom stereocenters. The Bertz CT molecular complexity index is 691. The van der Waals surface area contributed by atoms with Crippen molar-refractivity contribution in [1.82, 2.24) is 5.32 Å². The molecular formula is C16H13ClF3NO2. The number of halogens is 4. The number of amides is 1. The number of aliphatic hydroxyl groups is 1. The summed E-state index contributed by atoms with van der Waals surface area (Å²) >= 11 is 5.83. The van der Waals surface area contributed by atoms with E-state index in [1.165, 1.54) is 36.4 Å². The highest BCUT2D eigenvalue weighted by molar-refractivity contribution is 6.33. The van der Waals surface area contributed by atoms with Gasteiger partial charge in [0.2, 0.25) is 5.60 Å². The summed E-state index contributed by atoms with van der Waals surface area (Å²) in [4.78, 5) is 12.0. The Morgan fingerprint density at radius 3 is 2.17 bits per heavy atom. The summed E-state index contributed by atoms with van der Waals surface area (Å²) in [5, 5.41) is 12.3. The fourth-order valence-electron chi connectivity index (χ4n) is 2.03. The van der Waals surface area contributed by atoms with Gasteiger partial charge in [0.15, 0.2) is 0 Å². The topological polar surface area (TPSA) is 49.3 Å². The van der Waals surface area contributed by atoms with Gasteiger partial charge in [-0.15, -0.1) is 0 Å². The molecule has 0 aliphatic carbocycles. The summed E-state index contributed by atoms with van der Waals surface area (Å²) in [6.07, 6.45) is -4.96. The molecule has 0 heterocycles. The van der Waals surface area contributed by atoms with Crippen LogP contribution in [0.3, 0.4) is 0 Å². The van der Waals surface area contributed by atoms with Crippen LogP contribution in [0.2, 0.25) is 5.02 Å². The third-order valence-electron chi connectivity index (χ3n) is 3.34. The van der Waals surface area contributed by atoms with Crippen LogP contribution >= 0.6 is 11.6 Å². The first-order valence-corrected chi connectivity index (χ1v) is 7.01.